The number of hydrogen-bond donors (Lipinski definition) is 1. The van der Waals surface area contributed by atoms with Crippen molar-refractivity contribution in [2.24, 2.45) is 0 Å². The third-order valence-electron chi connectivity index (χ3n) is 3.84. The maximum absolute atomic E-state index is 12.3. The first kappa shape index (κ1) is 18.9. The summed E-state index contributed by atoms with van der Waals surface area (Å²) in [5, 5.41) is 3.05. The summed E-state index contributed by atoms with van der Waals surface area (Å²) in [7, 11) is 1.68. The normalized spacial score (nSPS) is 18.8. The molecule has 0 fully saturated rings. The van der Waals surface area contributed by atoms with Gasteiger partial charge in [0.2, 0.25) is 0 Å². The Kier molecular flexibility index (Phi) is 7.21. The van der Waals surface area contributed by atoms with Crippen LogP contribution < -0.4 is 5.32 Å². The van der Waals surface area contributed by atoms with Crippen LogP contribution in [0.1, 0.15) is 43.5 Å². The van der Waals surface area contributed by atoms with Crippen molar-refractivity contribution in [3.05, 3.63) is 46.9 Å². The molecular weight excluding hydrogens is 322 g/mol. The number of allylic oxidation sites excluding steroid dienone is 2. The number of ketones is 2. The van der Waals surface area contributed by atoms with Crippen LogP contribution in [0.4, 0.5) is 0 Å². The second kappa shape index (κ2) is 9.16. The number of methoxy groups -OCH3 is 1. The molecule has 1 aromatic carbocycles. The predicted octanol–water partition coefficient (Wildman–Crippen LogP) is 3.58. The number of carbonyl (C=O) groups excluding carboxylic acids is 2. The van der Waals surface area contributed by atoms with E-state index in [2.05, 4.69) is 19.2 Å². The van der Waals surface area contributed by atoms with Gasteiger partial charge in [-0.25, -0.2) is 0 Å². The molecule has 1 aliphatic heterocycles. The summed E-state index contributed by atoms with van der Waals surface area (Å²) in [6.45, 7) is 4.15. The molecule has 1 aromatic rings. The Morgan fingerprint density at radius 2 is 2.00 bits per heavy atom. The van der Waals surface area contributed by atoms with Gasteiger partial charge in [0.25, 0.3) is 0 Å². The lowest BCUT2D eigenvalue weighted by molar-refractivity contribution is -0.114. The molecule has 2 atom stereocenters. The Balaban J connectivity index is 1.84. The molecule has 0 spiro atoms. The maximum Gasteiger partial charge on any atom is 0.170 e. The van der Waals surface area contributed by atoms with Crippen LogP contribution in [-0.4, -0.2) is 36.2 Å². The molecule has 0 saturated heterocycles. The fourth-order valence-electron chi connectivity index (χ4n) is 2.62. The minimum atomic E-state index is -0.285. The van der Waals surface area contributed by atoms with Gasteiger partial charge in [-0.1, -0.05) is 30.3 Å². The molecule has 0 aromatic heterocycles. The first-order valence-corrected chi connectivity index (χ1v) is 9.15. The van der Waals surface area contributed by atoms with Crippen molar-refractivity contribution in [3.8, 4) is 0 Å². The number of rotatable bonds is 9. The van der Waals surface area contributed by atoms with Crippen molar-refractivity contribution in [2.45, 2.75) is 50.6 Å². The van der Waals surface area contributed by atoms with Crippen LogP contribution in [0.25, 0.3) is 0 Å². The van der Waals surface area contributed by atoms with Gasteiger partial charge >= 0.3 is 0 Å². The Hall–Kier alpha value is -1.43. The zero-order valence-corrected chi connectivity index (χ0v) is 15.3. The first-order valence-electron chi connectivity index (χ1n) is 8.27. The van der Waals surface area contributed by atoms with Gasteiger partial charge in [0.05, 0.1) is 5.25 Å². The number of nitrogens with one attached hydrogen (secondary N) is 1. The number of Topliss-reactive ketones (excluding diaryl/α,β-unsaturated/α-hetero) is 1. The zero-order valence-electron chi connectivity index (χ0n) is 14.5. The Morgan fingerprint density at radius 1 is 1.29 bits per heavy atom. The smallest absolute Gasteiger partial charge is 0.170 e. The zero-order chi connectivity index (χ0) is 17.5. The van der Waals surface area contributed by atoms with E-state index in [1.165, 1.54) is 11.8 Å². The second-order valence-corrected chi connectivity index (χ2v) is 7.53. The highest BCUT2D eigenvalue weighted by molar-refractivity contribution is 8.04. The van der Waals surface area contributed by atoms with Gasteiger partial charge in [-0.2, -0.15) is 0 Å². The molecule has 0 amide bonds. The van der Waals surface area contributed by atoms with Crippen LogP contribution >= 0.6 is 11.8 Å². The van der Waals surface area contributed by atoms with Crippen molar-refractivity contribution < 1.29 is 14.3 Å². The van der Waals surface area contributed by atoms with E-state index < -0.39 is 0 Å². The van der Waals surface area contributed by atoms with Gasteiger partial charge < -0.3 is 4.74 Å². The minimum Gasteiger partial charge on any atom is -0.367 e. The predicted molar refractivity (Wildman–Crippen MR) is 98.2 cm³/mol. The second-order valence-electron chi connectivity index (χ2n) is 6.20. The molecule has 0 bridgehead atoms. The van der Waals surface area contributed by atoms with Crippen LogP contribution in [0, 0.1) is 0 Å². The molecule has 1 aliphatic rings. The molecule has 4 nitrogen and oxygen atoms in total. The molecule has 2 unspecified atom stereocenters. The van der Waals surface area contributed by atoms with Crippen molar-refractivity contribution in [2.75, 3.05) is 7.11 Å². The average Bonchev–Trinajstić information content (AvgIpc) is 2.91. The molecule has 2 rings (SSSR count). The first-order chi connectivity index (χ1) is 11.5. The van der Waals surface area contributed by atoms with Crippen molar-refractivity contribution in [1.82, 2.24) is 5.32 Å². The van der Waals surface area contributed by atoms with Crippen molar-refractivity contribution in [1.29, 1.82) is 0 Å². The lowest BCUT2D eigenvalue weighted by Gasteiger charge is -2.19. The van der Waals surface area contributed by atoms with Crippen LogP contribution in [-0.2, 0) is 9.53 Å². The van der Waals surface area contributed by atoms with Crippen LogP contribution in [0.2, 0.25) is 0 Å². The largest absolute Gasteiger partial charge is 0.367 e. The highest BCUT2D eigenvalue weighted by Gasteiger charge is 2.28. The summed E-state index contributed by atoms with van der Waals surface area (Å²) in [6.07, 6.45) is 3.51. The molecule has 130 valence electrons. The number of carbonyl (C=O) groups is 2. The van der Waals surface area contributed by atoms with Crippen LogP contribution in [0.3, 0.4) is 0 Å². The van der Waals surface area contributed by atoms with Gasteiger partial charge in [-0.3, -0.25) is 14.9 Å². The summed E-state index contributed by atoms with van der Waals surface area (Å²) in [6, 6.07) is 9.49. The van der Waals surface area contributed by atoms with Gasteiger partial charge in [0.1, 0.15) is 6.23 Å². The fourth-order valence-corrected chi connectivity index (χ4v) is 3.83. The van der Waals surface area contributed by atoms with Gasteiger partial charge in [-0.15, -0.1) is 11.8 Å². The minimum absolute atomic E-state index is 0.0207. The molecule has 5 heteroatoms. The van der Waals surface area contributed by atoms with E-state index in [0.29, 0.717) is 11.6 Å². The Labute approximate surface area is 148 Å². The molecule has 24 heavy (non-hydrogen) atoms. The highest BCUT2D eigenvalue weighted by Crippen LogP contribution is 2.35. The van der Waals surface area contributed by atoms with Crippen LogP contribution in [0.5, 0.6) is 0 Å². The highest BCUT2D eigenvalue weighted by atomic mass is 32.2. The van der Waals surface area contributed by atoms with Gasteiger partial charge in [0.15, 0.2) is 11.6 Å². The maximum atomic E-state index is 12.3. The van der Waals surface area contributed by atoms with E-state index in [-0.39, 0.29) is 29.5 Å². The van der Waals surface area contributed by atoms with E-state index in [0.717, 1.165) is 17.7 Å². The summed E-state index contributed by atoms with van der Waals surface area (Å²) in [5.74, 6) is 0.0670. The molecular formula is C19H25NO3S. The van der Waals surface area contributed by atoms with E-state index in [1.54, 1.807) is 25.3 Å². The Morgan fingerprint density at radius 3 is 2.62 bits per heavy atom. The molecule has 0 saturated carbocycles. The van der Waals surface area contributed by atoms with E-state index in [9.17, 15) is 9.59 Å². The van der Waals surface area contributed by atoms with E-state index in [4.69, 9.17) is 4.74 Å². The topological polar surface area (TPSA) is 55.4 Å². The van der Waals surface area contributed by atoms with E-state index in [1.807, 2.05) is 18.2 Å². The Bertz CT molecular complexity index is 598. The third-order valence-corrected chi connectivity index (χ3v) is 5.15. The summed E-state index contributed by atoms with van der Waals surface area (Å²) in [5.41, 5.74) is 0.667. The lowest BCUT2D eigenvalue weighted by atomic mass is 10.0. The number of benzene rings is 1. The van der Waals surface area contributed by atoms with Crippen molar-refractivity contribution >= 4 is 23.3 Å². The number of thioether (sulfide) groups is 1. The fraction of sp³-hybridized carbons (Fsp3) is 0.474. The average molecular weight is 347 g/mol. The molecule has 1 heterocycles. The monoisotopic (exact) mass is 347 g/mol. The summed E-state index contributed by atoms with van der Waals surface area (Å²) in [4.78, 5) is 25.5. The third kappa shape index (κ3) is 5.58. The number of ether oxygens (including phenoxy) is 1. The summed E-state index contributed by atoms with van der Waals surface area (Å²) < 4.78 is 5.41. The van der Waals surface area contributed by atoms with Crippen LogP contribution in [0.15, 0.2) is 41.3 Å². The molecule has 1 N–H and O–H groups in total. The SMILES string of the molecule is COC(CCC1=CC(=O)C(CC(=O)c2ccccc2)S1)NC(C)C. The molecule has 0 aliphatic carbocycles. The van der Waals surface area contributed by atoms with Gasteiger partial charge in [0, 0.05) is 25.1 Å². The van der Waals surface area contributed by atoms with E-state index >= 15 is 0 Å². The lowest BCUT2D eigenvalue weighted by Crippen LogP contribution is -2.36. The quantitative estimate of drug-likeness (QED) is 0.547. The van der Waals surface area contributed by atoms with Gasteiger partial charge in [-0.05, 0) is 37.7 Å². The number of hydrogen-bond acceptors (Lipinski definition) is 5. The van der Waals surface area contributed by atoms with Crippen molar-refractivity contribution in [3.63, 3.8) is 0 Å². The standard InChI is InChI=1S/C19H25NO3S/c1-13(2)20-19(23-3)10-9-15-11-17(22)18(24-15)12-16(21)14-7-5-4-6-8-14/h4-8,11,13,18-20H,9-10,12H2,1-3H3. The summed E-state index contributed by atoms with van der Waals surface area (Å²) >= 11 is 1.52. The molecule has 0 radical (unpaired) electrons.